The van der Waals surface area contributed by atoms with Gasteiger partial charge >= 0.3 is 0 Å². The number of hydrogen-bond acceptors (Lipinski definition) is 3. The molecule has 0 heterocycles. The van der Waals surface area contributed by atoms with Gasteiger partial charge in [0, 0.05) is 11.4 Å². The highest BCUT2D eigenvalue weighted by molar-refractivity contribution is 9.08. The molecule has 1 rings (SSSR count). The van der Waals surface area contributed by atoms with E-state index in [0.29, 0.717) is 5.33 Å². The number of Topliss-reactive ketones (excluding diaryl/α,β-unsaturated/α-hetero) is 1. The summed E-state index contributed by atoms with van der Waals surface area (Å²) < 4.78 is 0. The molecule has 0 amide bonds. The molecule has 5 heteroatoms. The molecule has 0 saturated carbocycles. The molecular formula is C9H8BrNO3. The molecule has 74 valence electrons. The second kappa shape index (κ2) is 4.32. The minimum Gasteiger partial charge on any atom is -0.294 e. The first kappa shape index (κ1) is 10.8. The molecule has 0 saturated heterocycles. The van der Waals surface area contributed by atoms with Gasteiger partial charge in [-0.05, 0) is 18.6 Å². The number of rotatable bonds is 3. The van der Waals surface area contributed by atoms with Crippen LogP contribution in [0, 0.1) is 10.1 Å². The minimum atomic E-state index is -0.547. The third kappa shape index (κ3) is 2.17. The fourth-order valence-electron chi connectivity index (χ4n) is 1.11. The van der Waals surface area contributed by atoms with Gasteiger partial charge in [-0.25, -0.2) is 0 Å². The van der Waals surface area contributed by atoms with Crippen molar-refractivity contribution in [3.8, 4) is 0 Å². The van der Waals surface area contributed by atoms with Gasteiger partial charge in [0.15, 0.2) is 5.78 Å². The van der Waals surface area contributed by atoms with Crippen molar-refractivity contribution in [2.24, 2.45) is 0 Å². The third-order valence-electron chi connectivity index (χ3n) is 1.79. The van der Waals surface area contributed by atoms with E-state index in [9.17, 15) is 14.9 Å². The Balaban J connectivity index is 3.31. The van der Waals surface area contributed by atoms with E-state index in [1.165, 1.54) is 19.1 Å². The van der Waals surface area contributed by atoms with Gasteiger partial charge in [-0.15, -0.1) is 0 Å². The van der Waals surface area contributed by atoms with Gasteiger partial charge in [-0.2, -0.15) is 0 Å². The number of carbonyl (C=O) groups is 1. The van der Waals surface area contributed by atoms with E-state index in [4.69, 9.17) is 0 Å². The Labute approximate surface area is 89.2 Å². The highest BCUT2D eigenvalue weighted by Gasteiger charge is 2.16. The number of nitro groups is 1. The zero-order valence-corrected chi connectivity index (χ0v) is 9.08. The summed E-state index contributed by atoms with van der Waals surface area (Å²) in [6, 6.07) is 4.52. The van der Waals surface area contributed by atoms with E-state index in [0.717, 1.165) is 5.56 Å². The molecule has 0 atom stereocenters. The zero-order chi connectivity index (χ0) is 10.7. The summed E-state index contributed by atoms with van der Waals surface area (Å²) in [5.41, 5.74) is 0.870. The number of carbonyl (C=O) groups excluding carboxylic acids is 1. The van der Waals surface area contributed by atoms with Crippen molar-refractivity contribution in [1.29, 1.82) is 0 Å². The summed E-state index contributed by atoms with van der Waals surface area (Å²) in [5.74, 6) is -0.292. The summed E-state index contributed by atoms with van der Waals surface area (Å²) in [6.07, 6.45) is 0. The number of nitrogens with zero attached hydrogens (tertiary/aromatic N) is 1. The van der Waals surface area contributed by atoms with Gasteiger partial charge in [0.05, 0.1) is 10.5 Å². The standard InChI is InChI=1S/C9H8BrNO3/c1-6(12)8-4-7(5-10)2-3-9(8)11(13)14/h2-4H,5H2,1H3. The predicted octanol–water partition coefficient (Wildman–Crippen LogP) is 2.69. The zero-order valence-electron chi connectivity index (χ0n) is 7.49. The molecule has 0 unspecified atom stereocenters. The van der Waals surface area contributed by atoms with Crippen LogP contribution in [-0.2, 0) is 5.33 Å². The molecule has 0 aliphatic heterocycles. The van der Waals surface area contributed by atoms with Crippen LogP contribution in [0.5, 0.6) is 0 Å². The smallest absolute Gasteiger partial charge is 0.280 e. The molecule has 1 aromatic rings. The Kier molecular flexibility index (Phi) is 3.35. The van der Waals surface area contributed by atoms with Crippen LogP contribution in [0.3, 0.4) is 0 Å². The van der Waals surface area contributed by atoms with Gasteiger partial charge in [-0.1, -0.05) is 22.0 Å². The van der Waals surface area contributed by atoms with Crippen LogP contribution in [-0.4, -0.2) is 10.7 Å². The topological polar surface area (TPSA) is 60.2 Å². The van der Waals surface area contributed by atoms with Gasteiger partial charge in [0.1, 0.15) is 0 Å². The number of hydrogen-bond donors (Lipinski definition) is 0. The average Bonchev–Trinajstić information content (AvgIpc) is 2.16. The summed E-state index contributed by atoms with van der Waals surface area (Å²) >= 11 is 3.22. The molecule has 0 N–H and O–H groups in total. The van der Waals surface area contributed by atoms with Crippen molar-refractivity contribution in [1.82, 2.24) is 0 Å². The number of alkyl halides is 1. The van der Waals surface area contributed by atoms with E-state index < -0.39 is 4.92 Å². The predicted molar refractivity (Wildman–Crippen MR) is 55.7 cm³/mol. The summed E-state index contributed by atoms with van der Waals surface area (Å²) in [6.45, 7) is 1.32. The molecule has 4 nitrogen and oxygen atoms in total. The number of nitro benzene ring substituents is 1. The van der Waals surface area contributed by atoms with Crippen LogP contribution in [0.15, 0.2) is 18.2 Å². The van der Waals surface area contributed by atoms with Crippen LogP contribution in [0.2, 0.25) is 0 Å². The maximum atomic E-state index is 11.1. The second-order valence-corrected chi connectivity index (χ2v) is 3.36. The van der Waals surface area contributed by atoms with Crippen molar-refractivity contribution in [3.63, 3.8) is 0 Å². The first-order valence-corrected chi connectivity index (χ1v) is 5.02. The Morgan fingerprint density at radius 3 is 2.64 bits per heavy atom. The van der Waals surface area contributed by atoms with Crippen LogP contribution in [0.1, 0.15) is 22.8 Å². The largest absolute Gasteiger partial charge is 0.294 e. The molecule has 1 aromatic carbocycles. The van der Waals surface area contributed by atoms with Crippen molar-refractivity contribution in [2.75, 3.05) is 0 Å². The van der Waals surface area contributed by atoms with Crippen LogP contribution in [0.25, 0.3) is 0 Å². The van der Waals surface area contributed by atoms with E-state index in [-0.39, 0.29) is 17.0 Å². The molecule has 0 aliphatic carbocycles. The molecule has 0 fully saturated rings. The van der Waals surface area contributed by atoms with Crippen LogP contribution >= 0.6 is 15.9 Å². The lowest BCUT2D eigenvalue weighted by Gasteiger charge is -2.00. The van der Waals surface area contributed by atoms with E-state index in [1.807, 2.05) is 0 Å². The van der Waals surface area contributed by atoms with Crippen molar-refractivity contribution >= 4 is 27.4 Å². The van der Waals surface area contributed by atoms with Gasteiger partial charge in [0.25, 0.3) is 5.69 Å². The fraction of sp³-hybridized carbons (Fsp3) is 0.222. The first-order chi connectivity index (χ1) is 6.56. The molecule has 14 heavy (non-hydrogen) atoms. The van der Waals surface area contributed by atoms with Gasteiger partial charge < -0.3 is 0 Å². The molecule has 0 spiro atoms. The van der Waals surface area contributed by atoms with Crippen molar-refractivity contribution in [2.45, 2.75) is 12.3 Å². The molecule has 0 bridgehead atoms. The average molecular weight is 258 g/mol. The Hall–Kier alpha value is -1.23. The normalized spacial score (nSPS) is 9.86. The molecular weight excluding hydrogens is 250 g/mol. The second-order valence-electron chi connectivity index (χ2n) is 2.80. The van der Waals surface area contributed by atoms with E-state index in [1.54, 1.807) is 6.07 Å². The molecule has 0 radical (unpaired) electrons. The lowest BCUT2D eigenvalue weighted by Crippen LogP contribution is -2.00. The summed E-state index contributed by atoms with van der Waals surface area (Å²) in [5, 5.41) is 11.1. The monoisotopic (exact) mass is 257 g/mol. The Bertz CT molecular complexity index is 390. The highest BCUT2D eigenvalue weighted by atomic mass is 79.9. The van der Waals surface area contributed by atoms with Crippen molar-refractivity contribution in [3.05, 3.63) is 39.4 Å². The molecule has 0 aliphatic rings. The van der Waals surface area contributed by atoms with E-state index >= 15 is 0 Å². The van der Waals surface area contributed by atoms with Gasteiger partial charge in [-0.3, -0.25) is 14.9 Å². The van der Waals surface area contributed by atoms with Gasteiger partial charge in [0.2, 0.25) is 0 Å². The Morgan fingerprint density at radius 1 is 1.57 bits per heavy atom. The Morgan fingerprint density at radius 2 is 2.21 bits per heavy atom. The number of benzene rings is 1. The highest BCUT2D eigenvalue weighted by Crippen LogP contribution is 2.21. The summed E-state index contributed by atoms with van der Waals surface area (Å²) in [4.78, 5) is 21.1. The van der Waals surface area contributed by atoms with E-state index in [2.05, 4.69) is 15.9 Å². The fourth-order valence-corrected chi connectivity index (χ4v) is 1.46. The molecule has 0 aromatic heterocycles. The SMILES string of the molecule is CC(=O)c1cc(CBr)ccc1[N+](=O)[O-]. The quantitative estimate of drug-likeness (QED) is 0.362. The summed E-state index contributed by atoms with van der Waals surface area (Å²) in [7, 11) is 0. The van der Waals surface area contributed by atoms with Crippen molar-refractivity contribution < 1.29 is 9.72 Å². The first-order valence-electron chi connectivity index (χ1n) is 3.90. The minimum absolute atomic E-state index is 0.137. The number of halogens is 1. The lowest BCUT2D eigenvalue weighted by atomic mass is 10.1. The van der Waals surface area contributed by atoms with Crippen LogP contribution < -0.4 is 0 Å². The maximum absolute atomic E-state index is 11.1. The van der Waals surface area contributed by atoms with Crippen LogP contribution in [0.4, 0.5) is 5.69 Å². The lowest BCUT2D eigenvalue weighted by molar-refractivity contribution is -0.385. The number of ketones is 1. The maximum Gasteiger partial charge on any atom is 0.280 e. The third-order valence-corrected chi connectivity index (χ3v) is 2.44.